The summed E-state index contributed by atoms with van der Waals surface area (Å²) in [5.74, 6) is -1.38. The van der Waals surface area contributed by atoms with Crippen LogP contribution in [0.25, 0.3) is 0 Å². The second-order valence-electron chi connectivity index (χ2n) is 11.5. The molecule has 3 N–H and O–H groups in total. The average Bonchev–Trinajstić information content (AvgIpc) is 3.10. The largest absolute Gasteiger partial charge is 0.489 e. The lowest BCUT2D eigenvalue weighted by atomic mass is 9.96. The van der Waals surface area contributed by atoms with Crippen molar-refractivity contribution in [2.75, 3.05) is 33.0 Å². The van der Waals surface area contributed by atoms with Crippen LogP contribution in [0.15, 0.2) is 110 Å². The standard InChI is InChI=1S/C39H48N2O7/c1-3-11-33(27-37(43)40-21-23-46-24-22-42)38(44)41-35(29-48-39(45)34(12-4-2)25-30-13-7-5-8-14-30)26-31-17-19-36(20-18-31)47-28-32-15-9-6-10-16-32/h3-10,13-20,33-35,42H,1-2,11-12,21-29H2,(H,40,43)(H,41,44)/t33-,34-,35+/m1/s1. The number of aliphatic hydroxyl groups excluding tert-OH is 1. The molecular weight excluding hydrogens is 608 g/mol. The highest BCUT2D eigenvalue weighted by Gasteiger charge is 2.26. The quantitative estimate of drug-likeness (QED) is 0.0748. The lowest BCUT2D eigenvalue weighted by Crippen LogP contribution is -2.44. The molecule has 0 aliphatic rings. The van der Waals surface area contributed by atoms with Crippen LogP contribution >= 0.6 is 0 Å². The molecule has 0 aliphatic carbocycles. The van der Waals surface area contributed by atoms with E-state index in [4.69, 9.17) is 19.3 Å². The van der Waals surface area contributed by atoms with Gasteiger partial charge in [0.2, 0.25) is 11.8 Å². The topological polar surface area (TPSA) is 123 Å². The number of aliphatic hydroxyl groups is 1. The van der Waals surface area contributed by atoms with Gasteiger partial charge >= 0.3 is 5.97 Å². The molecule has 0 heterocycles. The fourth-order valence-corrected chi connectivity index (χ4v) is 5.09. The second-order valence-corrected chi connectivity index (χ2v) is 11.5. The SMILES string of the molecule is C=CC[C@H](CC(=O)NCCOCCO)C(=O)N[C@H](COC(=O)[C@H](CC=C)Cc1ccccc1)Cc1ccc(OCc2ccccc2)cc1. The Morgan fingerprint density at radius 3 is 2.04 bits per heavy atom. The summed E-state index contributed by atoms with van der Waals surface area (Å²) < 4.78 is 16.9. The summed E-state index contributed by atoms with van der Waals surface area (Å²) in [5, 5.41) is 14.6. The van der Waals surface area contributed by atoms with E-state index in [0.29, 0.717) is 38.0 Å². The van der Waals surface area contributed by atoms with Crippen molar-refractivity contribution in [3.63, 3.8) is 0 Å². The van der Waals surface area contributed by atoms with Gasteiger partial charge in [0.15, 0.2) is 0 Å². The number of carbonyl (C=O) groups is 3. The molecule has 3 aromatic rings. The molecule has 48 heavy (non-hydrogen) atoms. The Kier molecular flexibility index (Phi) is 17.3. The molecule has 3 aromatic carbocycles. The number of benzene rings is 3. The van der Waals surface area contributed by atoms with Crippen LogP contribution in [-0.2, 0) is 43.3 Å². The van der Waals surface area contributed by atoms with E-state index in [9.17, 15) is 14.4 Å². The second kappa shape index (κ2) is 22.0. The van der Waals surface area contributed by atoms with Crippen LogP contribution in [0.1, 0.15) is 36.0 Å². The molecule has 0 saturated heterocycles. The molecule has 3 atom stereocenters. The van der Waals surface area contributed by atoms with Crippen molar-refractivity contribution in [3.8, 4) is 5.75 Å². The summed E-state index contributed by atoms with van der Waals surface area (Å²) in [6.07, 6.45) is 4.91. The number of ether oxygens (including phenoxy) is 3. The summed E-state index contributed by atoms with van der Waals surface area (Å²) in [4.78, 5) is 39.4. The van der Waals surface area contributed by atoms with Gasteiger partial charge in [0, 0.05) is 13.0 Å². The smallest absolute Gasteiger partial charge is 0.309 e. The number of carbonyl (C=O) groups excluding carboxylic acids is 3. The molecule has 256 valence electrons. The van der Waals surface area contributed by atoms with Gasteiger partial charge in [-0.2, -0.15) is 0 Å². The van der Waals surface area contributed by atoms with Crippen molar-refractivity contribution in [3.05, 3.63) is 127 Å². The molecule has 0 aromatic heterocycles. The van der Waals surface area contributed by atoms with Crippen molar-refractivity contribution in [2.45, 2.75) is 44.8 Å². The van der Waals surface area contributed by atoms with Gasteiger partial charge in [0.05, 0.1) is 37.7 Å². The predicted octanol–water partition coefficient (Wildman–Crippen LogP) is 4.98. The van der Waals surface area contributed by atoms with Gasteiger partial charge in [-0.1, -0.05) is 84.9 Å². The number of hydrogen-bond donors (Lipinski definition) is 3. The van der Waals surface area contributed by atoms with E-state index in [1.807, 2.05) is 84.9 Å². The van der Waals surface area contributed by atoms with E-state index in [1.54, 1.807) is 12.2 Å². The average molecular weight is 657 g/mol. The number of rotatable bonds is 23. The van der Waals surface area contributed by atoms with Crippen molar-refractivity contribution in [1.82, 2.24) is 10.6 Å². The van der Waals surface area contributed by atoms with E-state index >= 15 is 0 Å². The molecule has 9 heteroatoms. The number of amides is 2. The Labute approximate surface area is 284 Å². The van der Waals surface area contributed by atoms with Gasteiger partial charge in [-0.15, -0.1) is 13.2 Å². The Bertz CT molecular complexity index is 1400. The molecule has 3 rings (SSSR count). The van der Waals surface area contributed by atoms with Crippen LogP contribution in [0.3, 0.4) is 0 Å². The fraction of sp³-hybridized carbons (Fsp3) is 0.359. The van der Waals surface area contributed by atoms with Gasteiger partial charge in [-0.25, -0.2) is 0 Å². The Hall–Kier alpha value is -4.73. The van der Waals surface area contributed by atoms with Gasteiger partial charge in [-0.3, -0.25) is 14.4 Å². The first-order valence-corrected chi connectivity index (χ1v) is 16.4. The Morgan fingerprint density at radius 1 is 0.771 bits per heavy atom. The molecule has 0 spiro atoms. The highest BCUT2D eigenvalue weighted by atomic mass is 16.5. The maximum Gasteiger partial charge on any atom is 0.309 e. The first kappa shape index (κ1) is 37.7. The van der Waals surface area contributed by atoms with Crippen molar-refractivity contribution in [2.24, 2.45) is 11.8 Å². The van der Waals surface area contributed by atoms with E-state index in [-0.39, 0.29) is 57.2 Å². The van der Waals surface area contributed by atoms with E-state index < -0.39 is 17.9 Å². The van der Waals surface area contributed by atoms with Crippen LogP contribution in [-0.4, -0.2) is 61.9 Å². The van der Waals surface area contributed by atoms with E-state index in [2.05, 4.69) is 23.8 Å². The summed E-state index contributed by atoms with van der Waals surface area (Å²) in [6, 6.07) is 26.6. The van der Waals surface area contributed by atoms with Gasteiger partial charge in [-0.05, 0) is 54.5 Å². The lowest BCUT2D eigenvalue weighted by molar-refractivity contribution is -0.149. The molecule has 0 saturated carbocycles. The van der Waals surface area contributed by atoms with Crippen molar-refractivity contribution >= 4 is 17.8 Å². The molecule has 0 bridgehead atoms. The Balaban J connectivity index is 1.68. The molecular formula is C39H48N2O7. The van der Waals surface area contributed by atoms with Crippen LogP contribution < -0.4 is 15.4 Å². The Morgan fingerprint density at radius 2 is 1.40 bits per heavy atom. The highest BCUT2D eigenvalue weighted by Crippen LogP contribution is 2.18. The van der Waals surface area contributed by atoms with Crippen molar-refractivity contribution < 1.29 is 33.7 Å². The fourth-order valence-electron chi connectivity index (χ4n) is 5.09. The zero-order valence-electron chi connectivity index (χ0n) is 27.6. The maximum atomic E-state index is 13.5. The summed E-state index contributed by atoms with van der Waals surface area (Å²) in [7, 11) is 0. The van der Waals surface area contributed by atoms with Crippen molar-refractivity contribution in [1.29, 1.82) is 0 Å². The maximum absolute atomic E-state index is 13.5. The third-order valence-corrected chi connectivity index (χ3v) is 7.59. The minimum Gasteiger partial charge on any atom is -0.489 e. The zero-order chi connectivity index (χ0) is 34.4. The predicted molar refractivity (Wildman–Crippen MR) is 186 cm³/mol. The summed E-state index contributed by atoms with van der Waals surface area (Å²) in [5.41, 5.74) is 2.99. The van der Waals surface area contributed by atoms with Crippen LogP contribution in [0.5, 0.6) is 5.75 Å². The number of esters is 1. The molecule has 2 amide bonds. The minimum absolute atomic E-state index is 0.0453. The lowest BCUT2D eigenvalue weighted by Gasteiger charge is -2.23. The molecule has 0 unspecified atom stereocenters. The normalized spacial score (nSPS) is 12.6. The van der Waals surface area contributed by atoms with Gasteiger partial charge in [0.1, 0.15) is 19.0 Å². The molecule has 0 radical (unpaired) electrons. The van der Waals surface area contributed by atoms with E-state index in [1.165, 1.54) is 0 Å². The zero-order valence-corrected chi connectivity index (χ0v) is 27.6. The molecule has 0 aliphatic heterocycles. The third kappa shape index (κ3) is 14.4. The summed E-state index contributed by atoms with van der Waals surface area (Å²) >= 11 is 0. The molecule has 9 nitrogen and oxygen atoms in total. The van der Waals surface area contributed by atoms with Crippen LogP contribution in [0, 0.1) is 11.8 Å². The van der Waals surface area contributed by atoms with Crippen LogP contribution in [0.2, 0.25) is 0 Å². The highest BCUT2D eigenvalue weighted by molar-refractivity contribution is 5.86. The summed E-state index contributed by atoms with van der Waals surface area (Å²) in [6.45, 7) is 8.58. The number of hydrogen-bond acceptors (Lipinski definition) is 7. The third-order valence-electron chi connectivity index (χ3n) is 7.59. The molecule has 0 fully saturated rings. The number of nitrogens with one attached hydrogen (secondary N) is 2. The first-order chi connectivity index (χ1) is 23.4. The van der Waals surface area contributed by atoms with Gasteiger partial charge in [0.25, 0.3) is 0 Å². The first-order valence-electron chi connectivity index (χ1n) is 16.4. The minimum atomic E-state index is -0.667. The van der Waals surface area contributed by atoms with Crippen LogP contribution in [0.4, 0.5) is 0 Å². The number of allylic oxidation sites excluding steroid dienone is 2. The van der Waals surface area contributed by atoms with E-state index in [0.717, 1.165) is 16.7 Å². The monoisotopic (exact) mass is 656 g/mol. The van der Waals surface area contributed by atoms with Gasteiger partial charge < -0.3 is 30.0 Å².